The third kappa shape index (κ3) is 2.91. The molecule has 7 nitrogen and oxygen atoms in total. The van der Waals surface area contributed by atoms with E-state index in [0.717, 1.165) is 0 Å². The van der Waals surface area contributed by atoms with E-state index in [9.17, 15) is 14.4 Å². The van der Waals surface area contributed by atoms with Crippen molar-refractivity contribution in [2.75, 3.05) is 26.2 Å². The Morgan fingerprint density at radius 3 is 2.46 bits per heavy atom. The molecule has 3 heterocycles. The number of carbonyl (C=O) groups excluding carboxylic acids is 3. The van der Waals surface area contributed by atoms with E-state index in [1.165, 1.54) is 24.2 Å². The second-order valence-corrected chi connectivity index (χ2v) is 6.64. The van der Waals surface area contributed by atoms with Gasteiger partial charge in [-0.05, 0) is 15.9 Å². The second-order valence-electron chi connectivity index (χ2n) is 5.48. The van der Waals surface area contributed by atoms with E-state index in [0.29, 0.717) is 46.7 Å². The minimum absolute atomic E-state index is 0.0332. The molecule has 0 bridgehead atoms. The van der Waals surface area contributed by atoms with Crippen LogP contribution in [0, 0.1) is 0 Å². The number of nitrogens with zero attached hydrogens (tertiary/aromatic N) is 3. The van der Waals surface area contributed by atoms with Crippen LogP contribution in [0.4, 0.5) is 0 Å². The van der Waals surface area contributed by atoms with Crippen LogP contribution in [0.1, 0.15) is 17.3 Å². The van der Waals surface area contributed by atoms with Crippen molar-refractivity contribution in [1.82, 2.24) is 19.8 Å². The van der Waals surface area contributed by atoms with Crippen molar-refractivity contribution in [3.63, 3.8) is 0 Å². The molecule has 2 amide bonds. The lowest BCUT2D eigenvalue weighted by atomic mass is 10.1. The highest BCUT2D eigenvalue weighted by Crippen LogP contribution is 2.30. The number of halogens is 2. The number of aromatic nitrogens is 2. The van der Waals surface area contributed by atoms with E-state index < -0.39 is 11.7 Å². The van der Waals surface area contributed by atoms with Crippen LogP contribution in [0.5, 0.6) is 0 Å². The lowest BCUT2D eigenvalue weighted by Gasteiger charge is -2.33. The van der Waals surface area contributed by atoms with Gasteiger partial charge in [-0.25, -0.2) is 4.98 Å². The van der Waals surface area contributed by atoms with Crippen LogP contribution in [-0.4, -0.2) is 63.5 Å². The molecule has 0 saturated carbocycles. The Balaban J connectivity index is 1.84. The van der Waals surface area contributed by atoms with Crippen LogP contribution in [0.15, 0.2) is 17.0 Å². The molecule has 2 aromatic heterocycles. The van der Waals surface area contributed by atoms with Gasteiger partial charge >= 0.3 is 0 Å². The zero-order chi connectivity index (χ0) is 17.4. The molecule has 2 aromatic rings. The maximum Gasteiger partial charge on any atom is 0.295 e. The summed E-state index contributed by atoms with van der Waals surface area (Å²) < 4.78 is 0.517. The molecule has 0 atom stereocenters. The Morgan fingerprint density at radius 1 is 1.21 bits per heavy atom. The van der Waals surface area contributed by atoms with Crippen molar-refractivity contribution in [2.45, 2.75) is 6.92 Å². The summed E-state index contributed by atoms with van der Waals surface area (Å²) in [6.07, 6.45) is 2.89. The van der Waals surface area contributed by atoms with Gasteiger partial charge in [-0.3, -0.25) is 14.4 Å². The van der Waals surface area contributed by atoms with Gasteiger partial charge in [-0.1, -0.05) is 11.6 Å². The van der Waals surface area contributed by atoms with Crippen LogP contribution in [0.2, 0.25) is 5.02 Å². The van der Waals surface area contributed by atoms with Gasteiger partial charge in [-0.2, -0.15) is 0 Å². The number of pyridine rings is 1. The summed E-state index contributed by atoms with van der Waals surface area (Å²) in [5.74, 6) is -1.25. The predicted molar refractivity (Wildman–Crippen MR) is 92.0 cm³/mol. The normalized spacial score (nSPS) is 15.0. The Bertz CT molecular complexity index is 843. The number of carbonyl (C=O) groups is 3. The number of ketones is 1. The molecular formula is C15H14BrClN4O3. The maximum absolute atomic E-state index is 12.6. The van der Waals surface area contributed by atoms with Gasteiger partial charge in [0.25, 0.3) is 11.7 Å². The molecule has 0 unspecified atom stereocenters. The van der Waals surface area contributed by atoms with Gasteiger partial charge in [0.05, 0.1) is 16.1 Å². The molecule has 1 aliphatic rings. The number of amides is 2. The van der Waals surface area contributed by atoms with E-state index in [1.807, 2.05) is 0 Å². The highest BCUT2D eigenvalue weighted by atomic mass is 79.9. The smallest absolute Gasteiger partial charge is 0.295 e. The van der Waals surface area contributed by atoms with Crippen LogP contribution < -0.4 is 0 Å². The highest BCUT2D eigenvalue weighted by Gasteiger charge is 2.29. The number of piperazine rings is 1. The number of fused-ring (bicyclic) bond motifs is 1. The molecule has 1 saturated heterocycles. The Hall–Kier alpha value is -1.93. The number of nitrogens with one attached hydrogen (secondary N) is 1. The molecule has 3 rings (SSSR count). The lowest BCUT2D eigenvalue weighted by Crippen LogP contribution is -2.51. The van der Waals surface area contributed by atoms with Crippen LogP contribution in [-0.2, 0) is 9.59 Å². The summed E-state index contributed by atoms with van der Waals surface area (Å²) in [6, 6.07) is 0. The van der Waals surface area contributed by atoms with Gasteiger partial charge in [0, 0.05) is 50.9 Å². The third-order valence-corrected chi connectivity index (χ3v) is 4.96. The van der Waals surface area contributed by atoms with Crippen molar-refractivity contribution in [3.8, 4) is 0 Å². The number of hydrogen-bond donors (Lipinski definition) is 1. The summed E-state index contributed by atoms with van der Waals surface area (Å²) in [4.78, 5) is 46.5. The van der Waals surface area contributed by atoms with Crippen molar-refractivity contribution in [1.29, 1.82) is 0 Å². The zero-order valence-corrected chi connectivity index (χ0v) is 15.1. The second kappa shape index (κ2) is 6.52. The summed E-state index contributed by atoms with van der Waals surface area (Å²) in [5, 5.41) is 0.770. The largest absolute Gasteiger partial charge is 0.358 e. The average Bonchev–Trinajstić information content (AvgIpc) is 3.03. The quantitative estimate of drug-likeness (QED) is 0.462. The number of H-pyrrole nitrogens is 1. The highest BCUT2D eigenvalue weighted by molar-refractivity contribution is 9.10. The van der Waals surface area contributed by atoms with Gasteiger partial charge in [-0.15, -0.1) is 0 Å². The fraction of sp³-hybridized carbons (Fsp3) is 0.333. The summed E-state index contributed by atoms with van der Waals surface area (Å²) in [7, 11) is 0. The number of hydrogen-bond acceptors (Lipinski definition) is 4. The molecule has 0 aliphatic carbocycles. The number of rotatable bonds is 2. The van der Waals surface area contributed by atoms with Crippen molar-refractivity contribution >= 4 is 56.0 Å². The van der Waals surface area contributed by atoms with E-state index in [4.69, 9.17) is 11.6 Å². The standard InChI is InChI=1S/C15H14BrClN4O3/c1-8(22)20-2-4-21(5-3-20)15(24)13(23)9-6-18-12-11(9)10(17)7-19-14(12)16/h6-7,18H,2-5H2,1H3. The summed E-state index contributed by atoms with van der Waals surface area (Å²) in [6.45, 7) is 3.02. The maximum atomic E-state index is 12.6. The van der Waals surface area contributed by atoms with Crippen molar-refractivity contribution in [2.24, 2.45) is 0 Å². The molecule has 1 fully saturated rings. The Kier molecular flexibility index (Phi) is 4.60. The molecule has 1 aliphatic heterocycles. The molecule has 24 heavy (non-hydrogen) atoms. The lowest BCUT2D eigenvalue weighted by molar-refractivity contribution is -0.135. The first-order valence-electron chi connectivity index (χ1n) is 7.30. The van der Waals surface area contributed by atoms with Gasteiger partial charge in [0.2, 0.25) is 5.91 Å². The van der Waals surface area contributed by atoms with Gasteiger partial charge in [0.15, 0.2) is 0 Å². The first-order valence-corrected chi connectivity index (χ1v) is 8.47. The van der Waals surface area contributed by atoms with Gasteiger partial charge in [0.1, 0.15) is 4.60 Å². The molecule has 0 aromatic carbocycles. The van der Waals surface area contributed by atoms with Crippen molar-refractivity contribution < 1.29 is 14.4 Å². The molecule has 9 heteroatoms. The van der Waals surface area contributed by atoms with E-state index in [-0.39, 0.29) is 11.5 Å². The minimum Gasteiger partial charge on any atom is -0.358 e. The Morgan fingerprint density at radius 2 is 1.83 bits per heavy atom. The average molecular weight is 414 g/mol. The van der Waals surface area contributed by atoms with Crippen LogP contribution in [0.25, 0.3) is 10.9 Å². The third-order valence-electron chi connectivity index (χ3n) is 4.07. The molecular weight excluding hydrogens is 400 g/mol. The van der Waals surface area contributed by atoms with E-state index in [2.05, 4.69) is 25.9 Å². The van der Waals surface area contributed by atoms with Crippen LogP contribution >= 0.6 is 27.5 Å². The Labute approximate surface area is 151 Å². The fourth-order valence-electron chi connectivity index (χ4n) is 2.74. The zero-order valence-electron chi connectivity index (χ0n) is 12.8. The molecule has 126 valence electrons. The minimum atomic E-state index is -0.627. The van der Waals surface area contributed by atoms with Crippen molar-refractivity contribution in [3.05, 3.63) is 27.6 Å². The molecule has 0 spiro atoms. The predicted octanol–water partition coefficient (Wildman–Crippen LogP) is 1.85. The van der Waals surface area contributed by atoms with E-state index >= 15 is 0 Å². The monoisotopic (exact) mass is 412 g/mol. The fourth-order valence-corrected chi connectivity index (χ4v) is 3.40. The number of Topliss-reactive ketones (excluding diaryl/α,β-unsaturated/α-hetero) is 1. The molecule has 1 N–H and O–H groups in total. The van der Waals surface area contributed by atoms with E-state index in [1.54, 1.807) is 4.90 Å². The topological polar surface area (TPSA) is 86.4 Å². The van der Waals surface area contributed by atoms with Gasteiger partial charge < -0.3 is 14.8 Å². The summed E-state index contributed by atoms with van der Waals surface area (Å²) in [5.41, 5.74) is 0.789. The SMILES string of the molecule is CC(=O)N1CCN(C(=O)C(=O)c2c[nH]c3c(Br)ncc(Cl)c23)CC1. The summed E-state index contributed by atoms with van der Waals surface area (Å²) >= 11 is 9.42. The number of aromatic amines is 1. The molecule has 0 radical (unpaired) electrons. The van der Waals surface area contributed by atoms with Crippen LogP contribution in [0.3, 0.4) is 0 Å². The first-order chi connectivity index (χ1) is 11.4. The first kappa shape index (κ1) is 16.9.